The second kappa shape index (κ2) is 2.78. The van der Waals surface area contributed by atoms with Gasteiger partial charge in [0.2, 0.25) is 0 Å². The summed E-state index contributed by atoms with van der Waals surface area (Å²) >= 11 is 4.89. The molecule has 1 atom stereocenters. The van der Waals surface area contributed by atoms with Gasteiger partial charge in [0, 0.05) is 13.1 Å². The Morgan fingerprint density at radius 1 is 1.50 bits per heavy atom. The second-order valence-electron chi connectivity index (χ2n) is 2.80. The van der Waals surface area contributed by atoms with Gasteiger partial charge in [0.1, 0.15) is 6.17 Å². The van der Waals surface area contributed by atoms with Crippen molar-refractivity contribution in [1.82, 2.24) is 20.9 Å². The molecular weight excluding hydrogens is 176 g/mol. The summed E-state index contributed by atoms with van der Waals surface area (Å²) in [6, 6.07) is -0.0148. The van der Waals surface area contributed by atoms with E-state index in [-0.39, 0.29) is 12.2 Å². The van der Waals surface area contributed by atoms with E-state index >= 15 is 0 Å². The first-order valence-electron chi connectivity index (χ1n) is 3.86. The van der Waals surface area contributed by atoms with Crippen molar-refractivity contribution in [3.63, 3.8) is 0 Å². The Balaban J connectivity index is 2.00. The van der Waals surface area contributed by atoms with Crippen LogP contribution >= 0.6 is 12.2 Å². The van der Waals surface area contributed by atoms with Gasteiger partial charge in [-0.25, -0.2) is 4.79 Å². The molecule has 1 unspecified atom stereocenters. The minimum absolute atomic E-state index is 0.0148. The van der Waals surface area contributed by atoms with Gasteiger partial charge in [-0.05, 0) is 12.2 Å². The van der Waals surface area contributed by atoms with Crippen LogP contribution in [0.3, 0.4) is 0 Å². The fourth-order valence-electron chi connectivity index (χ4n) is 1.41. The van der Waals surface area contributed by atoms with Gasteiger partial charge in [-0.3, -0.25) is 0 Å². The van der Waals surface area contributed by atoms with E-state index in [0.717, 1.165) is 13.1 Å². The monoisotopic (exact) mass is 186 g/mol. The molecule has 2 saturated heterocycles. The molecule has 0 aliphatic carbocycles. The molecule has 2 heterocycles. The molecule has 2 amide bonds. The van der Waals surface area contributed by atoms with E-state index in [1.807, 2.05) is 0 Å². The topological polar surface area (TPSA) is 56.4 Å². The highest BCUT2D eigenvalue weighted by atomic mass is 32.1. The molecule has 66 valence electrons. The molecule has 0 aromatic rings. The number of urea groups is 1. The largest absolute Gasteiger partial charge is 0.359 e. The number of nitrogens with zero attached hydrogens (tertiary/aromatic N) is 1. The van der Waals surface area contributed by atoms with Crippen molar-refractivity contribution in [2.75, 3.05) is 19.6 Å². The third-order valence-electron chi connectivity index (χ3n) is 2.02. The molecule has 2 aliphatic rings. The smallest absolute Gasteiger partial charge is 0.319 e. The summed E-state index contributed by atoms with van der Waals surface area (Å²) in [5.74, 6) is 0. The number of thiocarbonyl (C=S) groups is 1. The second-order valence-corrected chi connectivity index (χ2v) is 3.20. The minimum Gasteiger partial charge on any atom is -0.359 e. The summed E-state index contributed by atoms with van der Waals surface area (Å²) in [6.07, 6.45) is 0.0278. The fraction of sp³-hybridized carbons (Fsp3) is 0.667. The van der Waals surface area contributed by atoms with E-state index in [4.69, 9.17) is 12.2 Å². The number of nitrogens with one attached hydrogen (secondary N) is 3. The predicted octanol–water partition coefficient (Wildman–Crippen LogP) is -1.18. The summed E-state index contributed by atoms with van der Waals surface area (Å²) in [7, 11) is 0. The maximum Gasteiger partial charge on any atom is 0.319 e. The maximum absolute atomic E-state index is 11.2. The number of amides is 2. The van der Waals surface area contributed by atoms with Crippen LogP contribution in [0.4, 0.5) is 4.79 Å². The molecule has 12 heavy (non-hydrogen) atoms. The van der Waals surface area contributed by atoms with Gasteiger partial charge in [-0.2, -0.15) is 0 Å². The zero-order valence-corrected chi connectivity index (χ0v) is 7.28. The maximum atomic E-state index is 11.2. The average molecular weight is 186 g/mol. The fourth-order valence-corrected chi connectivity index (χ4v) is 1.63. The van der Waals surface area contributed by atoms with Crippen LogP contribution in [-0.4, -0.2) is 41.8 Å². The lowest BCUT2D eigenvalue weighted by atomic mass is 10.4. The Morgan fingerprint density at radius 2 is 2.33 bits per heavy atom. The van der Waals surface area contributed by atoms with Crippen molar-refractivity contribution in [2.45, 2.75) is 6.17 Å². The minimum atomic E-state index is -0.0148. The van der Waals surface area contributed by atoms with Crippen LogP contribution in [0.2, 0.25) is 0 Å². The van der Waals surface area contributed by atoms with Gasteiger partial charge in [0.25, 0.3) is 0 Å². The quantitative estimate of drug-likeness (QED) is 0.451. The van der Waals surface area contributed by atoms with E-state index in [1.54, 1.807) is 4.90 Å². The Kier molecular flexibility index (Phi) is 1.76. The molecule has 5 nitrogen and oxygen atoms in total. The van der Waals surface area contributed by atoms with Crippen molar-refractivity contribution >= 4 is 23.4 Å². The molecular formula is C6H10N4OS. The van der Waals surface area contributed by atoms with Crippen LogP contribution in [0.25, 0.3) is 0 Å². The third-order valence-corrected chi connectivity index (χ3v) is 2.28. The van der Waals surface area contributed by atoms with Gasteiger partial charge in [-0.15, -0.1) is 0 Å². The van der Waals surface area contributed by atoms with Gasteiger partial charge in [0.15, 0.2) is 5.11 Å². The van der Waals surface area contributed by atoms with E-state index in [2.05, 4.69) is 16.0 Å². The van der Waals surface area contributed by atoms with Gasteiger partial charge >= 0.3 is 6.03 Å². The van der Waals surface area contributed by atoms with E-state index in [1.165, 1.54) is 0 Å². The van der Waals surface area contributed by atoms with Crippen molar-refractivity contribution in [2.24, 2.45) is 0 Å². The van der Waals surface area contributed by atoms with Crippen LogP contribution < -0.4 is 16.0 Å². The van der Waals surface area contributed by atoms with Gasteiger partial charge in [0.05, 0.1) is 6.54 Å². The normalized spacial score (nSPS) is 28.3. The molecule has 6 heteroatoms. The first-order chi connectivity index (χ1) is 5.77. The molecule has 2 fully saturated rings. The lowest BCUT2D eigenvalue weighted by molar-refractivity contribution is 0.198. The number of rotatable bonds is 1. The van der Waals surface area contributed by atoms with Crippen LogP contribution in [0.5, 0.6) is 0 Å². The highest BCUT2D eigenvalue weighted by molar-refractivity contribution is 7.80. The van der Waals surface area contributed by atoms with Crippen molar-refractivity contribution < 1.29 is 4.79 Å². The Hall–Kier alpha value is -1.04. The van der Waals surface area contributed by atoms with Crippen molar-refractivity contribution in [3.8, 4) is 0 Å². The van der Waals surface area contributed by atoms with Gasteiger partial charge < -0.3 is 20.9 Å². The van der Waals surface area contributed by atoms with E-state index < -0.39 is 0 Å². The number of hydrogen-bond acceptors (Lipinski definition) is 2. The summed E-state index contributed by atoms with van der Waals surface area (Å²) in [6.45, 7) is 2.18. The Labute approximate surface area is 75.5 Å². The lowest BCUT2D eigenvalue weighted by Gasteiger charge is -2.20. The molecule has 0 saturated carbocycles. The van der Waals surface area contributed by atoms with Crippen LogP contribution in [0.15, 0.2) is 0 Å². The molecule has 0 radical (unpaired) electrons. The molecule has 2 aliphatic heterocycles. The van der Waals surface area contributed by atoms with Crippen molar-refractivity contribution in [1.29, 1.82) is 0 Å². The van der Waals surface area contributed by atoms with Crippen molar-refractivity contribution in [3.05, 3.63) is 0 Å². The first-order valence-corrected chi connectivity index (χ1v) is 4.27. The molecule has 0 spiro atoms. The molecule has 2 rings (SSSR count). The first kappa shape index (κ1) is 7.60. The average Bonchev–Trinajstić information content (AvgIpc) is 2.58. The van der Waals surface area contributed by atoms with Crippen LogP contribution in [-0.2, 0) is 0 Å². The zero-order valence-electron chi connectivity index (χ0n) is 6.46. The molecule has 0 aromatic heterocycles. The molecule has 0 aromatic carbocycles. The third kappa shape index (κ3) is 1.18. The summed E-state index contributed by atoms with van der Waals surface area (Å²) in [5.41, 5.74) is 0. The van der Waals surface area contributed by atoms with Crippen LogP contribution in [0, 0.1) is 0 Å². The standard InChI is InChI=1S/C6H10N4OS/c11-6-7-1-2-10(6)4-3-8-5(12)9-4/h4H,1-3H2,(H,7,11)(H2,8,9,12). The van der Waals surface area contributed by atoms with E-state index in [9.17, 15) is 4.79 Å². The van der Waals surface area contributed by atoms with E-state index in [0.29, 0.717) is 11.7 Å². The Bertz CT molecular complexity index is 232. The van der Waals surface area contributed by atoms with Crippen LogP contribution in [0.1, 0.15) is 0 Å². The highest BCUT2D eigenvalue weighted by Gasteiger charge is 2.30. The summed E-state index contributed by atoms with van der Waals surface area (Å²) in [4.78, 5) is 12.9. The zero-order chi connectivity index (χ0) is 8.55. The number of carbonyl (C=O) groups is 1. The number of carbonyl (C=O) groups excluding carboxylic acids is 1. The SMILES string of the molecule is O=C1NCCN1C1CNC(=S)N1. The molecule has 3 N–H and O–H groups in total. The highest BCUT2D eigenvalue weighted by Crippen LogP contribution is 2.04. The molecule has 0 bridgehead atoms. The summed E-state index contributed by atoms with van der Waals surface area (Å²) < 4.78 is 0. The van der Waals surface area contributed by atoms with Gasteiger partial charge in [-0.1, -0.05) is 0 Å². The number of hydrogen-bond donors (Lipinski definition) is 3. The predicted molar refractivity (Wildman–Crippen MR) is 47.6 cm³/mol. The summed E-state index contributed by atoms with van der Waals surface area (Å²) in [5, 5.41) is 9.34. The lowest BCUT2D eigenvalue weighted by Crippen LogP contribution is -2.46. The Morgan fingerprint density at radius 3 is 2.83 bits per heavy atom.